The predicted molar refractivity (Wildman–Crippen MR) is 94.4 cm³/mol. The summed E-state index contributed by atoms with van der Waals surface area (Å²) in [6.07, 6.45) is 2.81. The maximum Gasteiger partial charge on any atom is 0.123 e. The van der Waals surface area contributed by atoms with Crippen LogP contribution in [0.3, 0.4) is 0 Å². The Hall–Kier alpha value is -1.14. The fraction of sp³-hybridized carbons (Fsp3) is 0.684. The minimum atomic E-state index is 0.186. The second-order valence-corrected chi connectivity index (χ2v) is 6.89. The summed E-state index contributed by atoms with van der Waals surface area (Å²) in [5.74, 6) is 0.998. The van der Waals surface area contributed by atoms with Crippen LogP contribution in [0.5, 0.6) is 5.75 Å². The molecule has 0 aromatic heterocycles. The normalized spacial score (nSPS) is 22.2. The number of ether oxygens (including phenoxy) is 3. The van der Waals surface area contributed by atoms with E-state index >= 15 is 0 Å². The SMILES string of the molecule is COc1ccc(CN(C)CC2COCCO2)cc1CN1CCCC1. The van der Waals surface area contributed by atoms with Gasteiger partial charge in [-0.15, -0.1) is 0 Å². The van der Waals surface area contributed by atoms with Gasteiger partial charge in [0, 0.05) is 25.2 Å². The number of benzene rings is 1. The highest BCUT2D eigenvalue weighted by Gasteiger charge is 2.18. The number of hydrogen-bond donors (Lipinski definition) is 0. The van der Waals surface area contributed by atoms with E-state index in [1.54, 1.807) is 7.11 Å². The van der Waals surface area contributed by atoms with Gasteiger partial charge >= 0.3 is 0 Å². The summed E-state index contributed by atoms with van der Waals surface area (Å²) in [6.45, 7) is 7.33. The Bertz CT molecular complexity index is 511. The first-order chi connectivity index (χ1) is 11.7. The highest BCUT2D eigenvalue weighted by atomic mass is 16.6. The fourth-order valence-electron chi connectivity index (χ4n) is 3.60. The second-order valence-electron chi connectivity index (χ2n) is 6.89. The smallest absolute Gasteiger partial charge is 0.123 e. The van der Waals surface area contributed by atoms with Gasteiger partial charge in [0.15, 0.2) is 0 Å². The van der Waals surface area contributed by atoms with Crippen molar-refractivity contribution in [3.63, 3.8) is 0 Å². The average Bonchev–Trinajstić information content (AvgIpc) is 3.09. The van der Waals surface area contributed by atoms with E-state index in [0.717, 1.165) is 32.0 Å². The van der Waals surface area contributed by atoms with Crippen LogP contribution in [0.15, 0.2) is 18.2 Å². The largest absolute Gasteiger partial charge is 0.496 e. The van der Waals surface area contributed by atoms with Gasteiger partial charge in [0.05, 0.1) is 33.0 Å². The van der Waals surface area contributed by atoms with E-state index in [9.17, 15) is 0 Å². The van der Waals surface area contributed by atoms with E-state index in [0.29, 0.717) is 13.2 Å². The third-order valence-corrected chi connectivity index (χ3v) is 4.79. The van der Waals surface area contributed by atoms with Crippen molar-refractivity contribution in [2.75, 3.05) is 53.6 Å². The summed E-state index contributed by atoms with van der Waals surface area (Å²) in [5, 5.41) is 0. The molecule has 3 rings (SSSR count). The lowest BCUT2D eigenvalue weighted by molar-refractivity contribution is -0.0962. The fourth-order valence-corrected chi connectivity index (χ4v) is 3.60. The molecule has 134 valence electrons. The van der Waals surface area contributed by atoms with Gasteiger partial charge in [-0.2, -0.15) is 0 Å². The highest BCUT2D eigenvalue weighted by Crippen LogP contribution is 2.24. The van der Waals surface area contributed by atoms with E-state index in [1.165, 1.54) is 37.1 Å². The van der Waals surface area contributed by atoms with Crippen molar-refractivity contribution in [3.05, 3.63) is 29.3 Å². The molecule has 0 amide bonds. The van der Waals surface area contributed by atoms with Crippen LogP contribution in [-0.4, -0.2) is 69.5 Å². The average molecular weight is 334 g/mol. The first kappa shape index (κ1) is 17.7. The van der Waals surface area contributed by atoms with Crippen LogP contribution in [0.25, 0.3) is 0 Å². The molecule has 2 aliphatic heterocycles. The lowest BCUT2D eigenvalue weighted by atomic mass is 10.1. The Kier molecular flexibility index (Phi) is 6.49. The molecule has 5 nitrogen and oxygen atoms in total. The molecular formula is C19H30N2O3. The Balaban J connectivity index is 1.59. The Labute approximate surface area is 145 Å². The number of likely N-dealkylation sites (N-methyl/N-ethyl adjacent to an activating group) is 1. The Morgan fingerprint density at radius 1 is 1.25 bits per heavy atom. The molecule has 2 aliphatic rings. The molecule has 1 aromatic carbocycles. The number of hydrogen-bond acceptors (Lipinski definition) is 5. The summed E-state index contributed by atoms with van der Waals surface area (Å²) >= 11 is 0. The van der Waals surface area contributed by atoms with Gasteiger partial charge in [-0.3, -0.25) is 9.80 Å². The van der Waals surface area contributed by atoms with E-state index in [4.69, 9.17) is 14.2 Å². The molecule has 1 unspecified atom stereocenters. The van der Waals surface area contributed by atoms with Crippen LogP contribution < -0.4 is 4.74 Å². The van der Waals surface area contributed by atoms with Crippen molar-refractivity contribution in [2.45, 2.75) is 32.0 Å². The number of methoxy groups -OCH3 is 1. The summed E-state index contributed by atoms with van der Waals surface area (Å²) < 4.78 is 16.8. The molecule has 2 saturated heterocycles. The molecule has 1 atom stereocenters. The third kappa shape index (κ3) is 4.93. The van der Waals surface area contributed by atoms with Crippen LogP contribution in [0, 0.1) is 0 Å². The van der Waals surface area contributed by atoms with Crippen LogP contribution in [0.4, 0.5) is 0 Å². The minimum Gasteiger partial charge on any atom is -0.496 e. The third-order valence-electron chi connectivity index (χ3n) is 4.79. The molecular weight excluding hydrogens is 304 g/mol. The van der Waals surface area contributed by atoms with Gasteiger partial charge in [-0.1, -0.05) is 6.07 Å². The molecule has 0 radical (unpaired) electrons. The van der Waals surface area contributed by atoms with Crippen LogP contribution in [0.1, 0.15) is 24.0 Å². The molecule has 2 heterocycles. The van der Waals surface area contributed by atoms with Gasteiger partial charge in [0.2, 0.25) is 0 Å². The van der Waals surface area contributed by atoms with E-state index in [-0.39, 0.29) is 6.10 Å². The first-order valence-electron chi connectivity index (χ1n) is 9.00. The quantitative estimate of drug-likeness (QED) is 0.763. The lowest BCUT2D eigenvalue weighted by Gasteiger charge is -2.27. The molecule has 0 N–H and O–H groups in total. The van der Waals surface area contributed by atoms with Gasteiger partial charge < -0.3 is 14.2 Å². The predicted octanol–water partition coefficient (Wildman–Crippen LogP) is 2.14. The van der Waals surface area contributed by atoms with Crippen molar-refractivity contribution in [2.24, 2.45) is 0 Å². The number of nitrogens with zero attached hydrogens (tertiary/aromatic N) is 2. The monoisotopic (exact) mass is 334 g/mol. The molecule has 1 aromatic rings. The molecule has 0 saturated carbocycles. The topological polar surface area (TPSA) is 34.2 Å². The summed E-state index contributed by atoms with van der Waals surface area (Å²) in [6, 6.07) is 6.57. The van der Waals surface area contributed by atoms with Crippen LogP contribution in [-0.2, 0) is 22.6 Å². The van der Waals surface area contributed by atoms with E-state index in [2.05, 4.69) is 35.0 Å². The lowest BCUT2D eigenvalue weighted by Crippen LogP contribution is -2.38. The zero-order chi connectivity index (χ0) is 16.8. The minimum absolute atomic E-state index is 0.186. The standard InChI is InChI=1S/C19H30N2O3/c1-20(14-18-15-23-9-10-24-18)12-16-5-6-19(22-2)17(11-16)13-21-7-3-4-8-21/h5-6,11,18H,3-4,7-10,12-15H2,1-2H3. The van der Waals surface area contributed by atoms with Crippen molar-refractivity contribution in [1.82, 2.24) is 9.80 Å². The van der Waals surface area contributed by atoms with Crippen LogP contribution in [0.2, 0.25) is 0 Å². The zero-order valence-electron chi connectivity index (χ0n) is 15.0. The summed E-state index contributed by atoms with van der Waals surface area (Å²) in [4.78, 5) is 4.82. The molecule has 2 fully saturated rings. The second kappa shape index (κ2) is 8.81. The Morgan fingerprint density at radius 2 is 2.08 bits per heavy atom. The first-order valence-corrected chi connectivity index (χ1v) is 9.00. The zero-order valence-corrected chi connectivity index (χ0v) is 15.0. The maximum absolute atomic E-state index is 5.74. The van der Waals surface area contributed by atoms with Gasteiger partial charge in [0.25, 0.3) is 0 Å². The van der Waals surface area contributed by atoms with Crippen molar-refractivity contribution in [3.8, 4) is 5.75 Å². The van der Waals surface area contributed by atoms with Crippen LogP contribution >= 0.6 is 0 Å². The molecule has 5 heteroatoms. The molecule has 0 aliphatic carbocycles. The highest BCUT2D eigenvalue weighted by molar-refractivity contribution is 5.37. The van der Waals surface area contributed by atoms with Crippen molar-refractivity contribution in [1.29, 1.82) is 0 Å². The van der Waals surface area contributed by atoms with Gasteiger partial charge in [-0.05, 0) is 50.7 Å². The molecule has 0 bridgehead atoms. The van der Waals surface area contributed by atoms with E-state index in [1.807, 2.05) is 0 Å². The maximum atomic E-state index is 5.74. The Morgan fingerprint density at radius 3 is 2.79 bits per heavy atom. The van der Waals surface area contributed by atoms with Crippen molar-refractivity contribution < 1.29 is 14.2 Å². The number of likely N-dealkylation sites (tertiary alicyclic amines) is 1. The van der Waals surface area contributed by atoms with Gasteiger partial charge in [-0.25, -0.2) is 0 Å². The van der Waals surface area contributed by atoms with E-state index < -0.39 is 0 Å². The number of rotatable bonds is 7. The molecule has 0 spiro atoms. The van der Waals surface area contributed by atoms with Gasteiger partial charge in [0.1, 0.15) is 5.75 Å². The van der Waals surface area contributed by atoms with Crippen molar-refractivity contribution >= 4 is 0 Å². The molecule has 24 heavy (non-hydrogen) atoms. The summed E-state index contributed by atoms with van der Waals surface area (Å²) in [5.41, 5.74) is 2.62. The summed E-state index contributed by atoms with van der Waals surface area (Å²) in [7, 11) is 3.90.